The van der Waals surface area contributed by atoms with Gasteiger partial charge in [0.1, 0.15) is 29.8 Å². The van der Waals surface area contributed by atoms with Gasteiger partial charge in [0.05, 0.1) is 43.4 Å². The van der Waals surface area contributed by atoms with Crippen molar-refractivity contribution in [3.05, 3.63) is 65.6 Å². The molecule has 5 heterocycles. The van der Waals surface area contributed by atoms with Crippen LogP contribution in [-0.2, 0) is 32.0 Å². The number of alkyl carbamates (subject to hydrolysis) is 1. The second-order valence-electron chi connectivity index (χ2n) is 17.7. The lowest BCUT2D eigenvalue weighted by molar-refractivity contribution is -0.134. The molecule has 0 saturated carbocycles. The third-order valence-corrected chi connectivity index (χ3v) is 11.8. The fourth-order valence-corrected chi connectivity index (χ4v) is 9.09. The molecule has 2 N–H and O–H groups in total. The first-order chi connectivity index (χ1) is 27.7. The van der Waals surface area contributed by atoms with E-state index in [-0.39, 0.29) is 35.9 Å². The summed E-state index contributed by atoms with van der Waals surface area (Å²) in [5, 5.41) is 4.95. The molecule has 8 rings (SSSR count). The molecule has 4 aliphatic heterocycles. The molecular weight excluding hydrogens is 737 g/mol. The van der Waals surface area contributed by atoms with Crippen LogP contribution in [0.3, 0.4) is 0 Å². The zero-order valence-corrected chi connectivity index (χ0v) is 34.7. The van der Waals surface area contributed by atoms with E-state index in [4.69, 9.17) is 28.9 Å². The maximum absolute atomic E-state index is 13.9. The van der Waals surface area contributed by atoms with Gasteiger partial charge in [0, 0.05) is 43.8 Å². The van der Waals surface area contributed by atoms with Crippen molar-refractivity contribution >= 4 is 40.3 Å². The number of methoxy groups -OCH3 is 2. The van der Waals surface area contributed by atoms with E-state index >= 15 is 0 Å². The van der Waals surface area contributed by atoms with E-state index in [1.165, 1.54) is 7.11 Å². The number of amides is 3. The van der Waals surface area contributed by atoms with Crippen LogP contribution in [0.2, 0.25) is 0 Å². The molecule has 4 aliphatic rings. The molecule has 0 bridgehead atoms. The fraction of sp³-hybridized carbons (Fsp3) is 0.489. The van der Waals surface area contributed by atoms with Gasteiger partial charge in [0.25, 0.3) is 0 Å². The molecule has 4 aromatic rings. The Labute approximate surface area is 339 Å². The van der Waals surface area contributed by atoms with Crippen LogP contribution in [0.15, 0.2) is 53.7 Å². The number of imidazole rings is 1. The number of aromatic amines is 1. The van der Waals surface area contributed by atoms with Crippen molar-refractivity contribution in [1.29, 1.82) is 0 Å². The minimum absolute atomic E-state index is 0.105. The quantitative estimate of drug-likeness (QED) is 0.183. The normalized spacial score (nSPS) is 21.6. The minimum Gasteiger partial charge on any atom is -0.488 e. The van der Waals surface area contributed by atoms with Gasteiger partial charge in [0.2, 0.25) is 5.91 Å². The summed E-state index contributed by atoms with van der Waals surface area (Å²) in [6, 6.07) is 13.9. The van der Waals surface area contributed by atoms with Gasteiger partial charge in [-0.1, -0.05) is 39.0 Å². The number of likely N-dealkylation sites (tertiary alicyclic amines) is 2. The first kappa shape index (κ1) is 39.4. The number of hydrogen-bond donors (Lipinski definition) is 2. The number of aliphatic imine (C=N–C) groups is 1. The van der Waals surface area contributed by atoms with Crippen molar-refractivity contribution in [2.75, 3.05) is 33.9 Å². The average molecular weight is 791 g/mol. The van der Waals surface area contributed by atoms with Crippen LogP contribution >= 0.6 is 0 Å². The predicted molar refractivity (Wildman–Crippen MR) is 221 cm³/mol. The highest BCUT2D eigenvalue weighted by Gasteiger charge is 2.42. The first-order valence-electron chi connectivity index (χ1n) is 20.3. The van der Waals surface area contributed by atoms with Crippen LogP contribution in [0.5, 0.6) is 5.75 Å². The Bertz CT molecular complexity index is 2290. The molecule has 0 radical (unpaired) electrons. The number of aromatic nitrogens is 2. The number of nitrogens with zero attached hydrogens (tertiary/aromatic N) is 4. The average Bonchev–Trinajstić information content (AvgIpc) is 4.00. The standard InChI is InChI=1S/C45H54N6O7/c1-24(2)40(49-43(53)56-8)42(52)50-20-25(3)13-37(50)35-17-32-31-18-39-33(16-27(31)10-12-34(32)47-35)30-11-9-28(15-29(30)23-57-39)36-19-46-41(48-36)38-14-26(22-55-7)21-51(38)44(54)58-45(4,5)6/h9-12,15-16,18-19,24-26,37-38,40H,13-14,17,20-23H2,1-8H3,(H,46,48)(H,49,53)/t25-,26-,37?,38-,40-/m0/s1. The van der Waals surface area contributed by atoms with E-state index in [9.17, 15) is 14.4 Å². The Morgan fingerprint density at radius 3 is 2.55 bits per heavy atom. The van der Waals surface area contributed by atoms with Gasteiger partial charge < -0.3 is 34.1 Å². The Morgan fingerprint density at radius 2 is 1.81 bits per heavy atom. The van der Waals surface area contributed by atoms with Crippen molar-refractivity contribution < 1.29 is 33.3 Å². The zero-order valence-electron chi connectivity index (χ0n) is 34.7. The van der Waals surface area contributed by atoms with Crippen LogP contribution in [0.25, 0.3) is 33.2 Å². The molecule has 1 unspecified atom stereocenters. The lowest BCUT2D eigenvalue weighted by Gasteiger charge is -2.31. The summed E-state index contributed by atoms with van der Waals surface area (Å²) in [6.45, 7) is 13.8. The van der Waals surface area contributed by atoms with Crippen LogP contribution in [0.4, 0.5) is 15.3 Å². The number of carbonyl (C=O) groups excluding carboxylic acids is 3. The second-order valence-corrected chi connectivity index (χ2v) is 17.7. The molecule has 2 saturated heterocycles. The summed E-state index contributed by atoms with van der Waals surface area (Å²) >= 11 is 0. The van der Waals surface area contributed by atoms with E-state index in [0.717, 1.165) is 80.1 Å². The lowest BCUT2D eigenvalue weighted by Crippen LogP contribution is -2.53. The van der Waals surface area contributed by atoms with E-state index in [2.05, 4.69) is 59.7 Å². The third kappa shape index (κ3) is 7.52. The maximum Gasteiger partial charge on any atom is 0.410 e. The van der Waals surface area contributed by atoms with Crippen LogP contribution in [-0.4, -0.2) is 95.2 Å². The van der Waals surface area contributed by atoms with Gasteiger partial charge in [-0.15, -0.1) is 0 Å². The summed E-state index contributed by atoms with van der Waals surface area (Å²) in [7, 11) is 2.99. The lowest BCUT2D eigenvalue weighted by atomic mass is 9.90. The molecule has 58 heavy (non-hydrogen) atoms. The van der Waals surface area contributed by atoms with E-state index in [1.807, 2.05) is 45.7 Å². The molecule has 3 aromatic carbocycles. The topological polar surface area (TPSA) is 148 Å². The largest absolute Gasteiger partial charge is 0.488 e. The number of H-pyrrole nitrogens is 1. The van der Waals surface area contributed by atoms with E-state index in [0.29, 0.717) is 38.6 Å². The van der Waals surface area contributed by atoms with Gasteiger partial charge in [-0.05, 0) is 103 Å². The van der Waals surface area contributed by atoms with Gasteiger partial charge in [-0.25, -0.2) is 14.6 Å². The smallest absolute Gasteiger partial charge is 0.410 e. The van der Waals surface area contributed by atoms with Gasteiger partial charge in [-0.3, -0.25) is 14.7 Å². The molecule has 13 heteroatoms. The summed E-state index contributed by atoms with van der Waals surface area (Å²) in [5.41, 5.74) is 7.50. The number of nitrogens with one attached hydrogen (secondary N) is 2. The zero-order chi connectivity index (χ0) is 41.0. The summed E-state index contributed by atoms with van der Waals surface area (Å²) in [5.74, 6) is 1.82. The van der Waals surface area contributed by atoms with E-state index in [1.54, 1.807) is 12.0 Å². The van der Waals surface area contributed by atoms with Crippen LogP contribution < -0.4 is 10.1 Å². The van der Waals surface area contributed by atoms with Gasteiger partial charge in [0.15, 0.2) is 0 Å². The Kier molecular flexibility index (Phi) is 10.5. The summed E-state index contributed by atoms with van der Waals surface area (Å²) < 4.78 is 22.5. The fourth-order valence-electron chi connectivity index (χ4n) is 9.09. The van der Waals surface area contributed by atoms with Crippen molar-refractivity contribution in [2.24, 2.45) is 22.7 Å². The molecule has 0 spiro atoms. The molecule has 2 fully saturated rings. The molecule has 5 atom stereocenters. The van der Waals surface area contributed by atoms with Gasteiger partial charge >= 0.3 is 12.2 Å². The molecule has 3 amide bonds. The number of fused-ring (bicyclic) bond motifs is 6. The number of rotatable bonds is 8. The number of benzene rings is 3. The molecule has 1 aromatic heterocycles. The van der Waals surface area contributed by atoms with Crippen molar-refractivity contribution in [1.82, 2.24) is 25.1 Å². The highest BCUT2D eigenvalue weighted by atomic mass is 16.6. The van der Waals surface area contributed by atoms with Crippen LogP contribution in [0.1, 0.15) is 77.4 Å². The van der Waals surface area contributed by atoms with Crippen molar-refractivity contribution in [3.63, 3.8) is 0 Å². The number of carbonyl (C=O) groups is 3. The van der Waals surface area contributed by atoms with Crippen molar-refractivity contribution in [3.8, 4) is 28.1 Å². The monoisotopic (exact) mass is 790 g/mol. The highest BCUT2D eigenvalue weighted by molar-refractivity contribution is 6.06. The number of ether oxygens (including phenoxy) is 4. The highest BCUT2D eigenvalue weighted by Crippen LogP contribution is 2.45. The molecule has 306 valence electrons. The number of hydrogen-bond acceptors (Lipinski definition) is 9. The SMILES string of the molecule is COC[C@H]1C[C@@H](c2ncc(-c3ccc4c(c3)COc3cc5c6c(ccc5cc3-4)N=C(C3C[C@H](C)CN3C(=O)[C@@H](NC(=O)OC)C(C)C)C6)[nH]2)N(C(=O)OC(C)(C)C)C1. The molecular formula is C45H54N6O7. The third-order valence-electron chi connectivity index (χ3n) is 11.8. The van der Waals surface area contributed by atoms with Crippen molar-refractivity contribution in [2.45, 2.75) is 91.1 Å². The van der Waals surface area contributed by atoms with Crippen LogP contribution in [0, 0.1) is 17.8 Å². The molecule has 13 nitrogen and oxygen atoms in total. The Morgan fingerprint density at radius 1 is 1.00 bits per heavy atom. The van der Waals surface area contributed by atoms with Gasteiger partial charge in [-0.2, -0.15) is 0 Å². The first-order valence-corrected chi connectivity index (χ1v) is 20.3. The summed E-state index contributed by atoms with van der Waals surface area (Å²) in [4.78, 5) is 56.3. The summed E-state index contributed by atoms with van der Waals surface area (Å²) in [6.07, 6.45) is 3.05. The minimum atomic E-state index is -0.687. The Balaban J connectivity index is 1.02. The molecule has 0 aliphatic carbocycles. The predicted octanol–water partition coefficient (Wildman–Crippen LogP) is 7.98. The Hall–Kier alpha value is -5.43. The second kappa shape index (κ2) is 15.4. The maximum atomic E-state index is 13.9. The van der Waals surface area contributed by atoms with E-state index < -0.39 is 17.7 Å².